The zero-order valence-corrected chi connectivity index (χ0v) is 17.1. The molecule has 1 atom stereocenters. The number of amides is 1. The molecular weight excluding hydrogens is 439 g/mol. The molecule has 1 fully saturated rings. The lowest BCUT2D eigenvalue weighted by Crippen LogP contribution is -2.34. The molecule has 1 aromatic carbocycles. The minimum absolute atomic E-state index is 0.109. The van der Waals surface area contributed by atoms with Crippen LogP contribution in [0.4, 0.5) is 13.2 Å². The van der Waals surface area contributed by atoms with Gasteiger partial charge in [0, 0.05) is 23.1 Å². The second-order valence-corrected chi connectivity index (χ2v) is 7.71. The fourth-order valence-corrected chi connectivity index (χ4v) is 3.23. The number of benzene rings is 1. The summed E-state index contributed by atoms with van der Waals surface area (Å²) in [6, 6.07) is 6.56. The second-order valence-electron chi connectivity index (χ2n) is 7.27. The standard InChI is InChI=1S/C20H21ClF3N3O4/c1-11(6-7-25-17(29)10-16(28)12-2-4-14(21)5-3-12)18-26-27-19(30-18)13-8-15(9-13)31-20(22,23)24/h2-5,13,15-16,28H,1,6-10H2,(H,25,29)/t13-,15+,16-/m1/s1. The SMILES string of the molecule is C=C(CCNC(=O)C[C@@H](O)c1ccc(Cl)cc1)c1nnc([C@H]2C[C@@H](OC(F)(F)F)C2)o1. The van der Waals surface area contributed by atoms with E-state index in [0.29, 0.717) is 22.6 Å². The molecular formula is C20H21ClF3N3O4. The fraction of sp³-hybridized carbons (Fsp3) is 0.450. The van der Waals surface area contributed by atoms with E-state index in [9.17, 15) is 23.1 Å². The highest BCUT2D eigenvalue weighted by Crippen LogP contribution is 2.41. The highest BCUT2D eigenvalue weighted by atomic mass is 35.5. The summed E-state index contributed by atoms with van der Waals surface area (Å²) in [6.45, 7) is 4.08. The zero-order chi connectivity index (χ0) is 22.6. The van der Waals surface area contributed by atoms with Crippen LogP contribution in [0.3, 0.4) is 0 Å². The number of hydrogen-bond donors (Lipinski definition) is 2. The van der Waals surface area contributed by atoms with E-state index in [4.69, 9.17) is 16.0 Å². The monoisotopic (exact) mass is 459 g/mol. The normalized spacial score (nSPS) is 19.5. The van der Waals surface area contributed by atoms with Gasteiger partial charge in [0.1, 0.15) is 0 Å². The summed E-state index contributed by atoms with van der Waals surface area (Å²) in [5.74, 6) is -0.207. The average molecular weight is 460 g/mol. The number of carbonyl (C=O) groups is 1. The molecule has 31 heavy (non-hydrogen) atoms. The molecule has 2 N–H and O–H groups in total. The molecule has 0 spiro atoms. The molecule has 7 nitrogen and oxygen atoms in total. The number of rotatable bonds is 9. The van der Waals surface area contributed by atoms with Crippen molar-refractivity contribution in [2.45, 2.75) is 50.2 Å². The molecule has 2 aromatic rings. The summed E-state index contributed by atoms with van der Waals surface area (Å²) in [7, 11) is 0. The van der Waals surface area contributed by atoms with E-state index in [1.54, 1.807) is 24.3 Å². The summed E-state index contributed by atoms with van der Waals surface area (Å²) in [6.07, 6.45) is -5.98. The Kier molecular flexibility index (Phi) is 7.34. The Labute approximate surface area is 181 Å². The molecule has 0 unspecified atom stereocenters. The molecule has 1 aliphatic rings. The maximum Gasteiger partial charge on any atom is 0.522 e. The topological polar surface area (TPSA) is 97.5 Å². The minimum atomic E-state index is -4.65. The molecule has 1 aromatic heterocycles. The van der Waals surface area contributed by atoms with Crippen LogP contribution in [0.25, 0.3) is 5.57 Å². The number of aliphatic hydroxyl groups is 1. The fourth-order valence-electron chi connectivity index (χ4n) is 3.11. The van der Waals surface area contributed by atoms with Crippen molar-refractivity contribution in [2.24, 2.45) is 0 Å². The van der Waals surface area contributed by atoms with Crippen LogP contribution >= 0.6 is 11.6 Å². The van der Waals surface area contributed by atoms with Crippen LogP contribution in [0.2, 0.25) is 5.02 Å². The molecule has 1 heterocycles. The van der Waals surface area contributed by atoms with Gasteiger partial charge in [0.25, 0.3) is 0 Å². The first-order valence-electron chi connectivity index (χ1n) is 9.57. The van der Waals surface area contributed by atoms with Gasteiger partial charge >= 0.3 is 6.36 Å². The van der Waals surface area contributed by atoms with Gasteiger partial charge in [-0.15, -0.1) is 23.4 Å². The number of nitrogens with one attached hydrogen (secondary N) is 1. The molecule has 11 heteroatoms. The lowest BCUT2D eigenvalue weighted by atomic mass is 9.82. The Morgan fingerprint density at radius 2 is 2.00 bits per heavy atom. The summed E-state index contributed by atoms with van der Waals surface area (Å²) in [4.78, 5) is 12.0. The maximum absolute atomic E-state index is 12.2. The number of ether oxygens (including phenoxy) is 1. The number of alkyl halides is 3. The number of nitrogens with zero attached hydrogens (tertiary/aromatic N) is 2. The largest absolute Gasteiger partial charge is 0.522 e. The van der Waals surface area contributed by atoms with Crippen LogP contribution in [0, 0.1) is 0 Å². The summed E-state index contributed by atoms with van der Waals surface area (Å²) in [5.41, 5.74) is 1.07. The van der Waals surface area contributed by atoms with Gasteiger partial charge in [-0.2, -0.15) is 0 Å². The third kappa shape index (κ3) is 6.78. The van der Waals surface area contributed by atoms with Crippen molar-refractivity contribution in [1.82, 2.24) is 15.5 Å². The van der Waals surface area contributed by atoms with Crippen molar-refractivity contribution in [2.75, 3.05) is 6.54 Å². The van der Waals surface area contributed by atoms with E-state index in [1.165, 1.54) is 0 Å². The Morgan fingerprint density at radius 3 is 2.65 bits per heavy atom. The van der Waals surface area contributed by atoms with Crippen LogP contribution in [-0.2, 0) is 9.53 Å². The van der Waals surface area contributed by atoms with E-state index < -0.39 is 18.6 Å². The molecule has 168 valence electrons. The van der Waals surface area contributed by atoms with Gasteiger partial charge in [-0.05, 0) is 37.0 Å². The molecule has 1 aliphatic carbocycles. The number of hydrogen-bond acceptors (Lipinski definition) is 6. The Balaban J connectivity index is 1.38. The molecule has 0 aliphatic heterocycles. The Hall–Kier alpha value is -2.43. The first kappa shape index (κ1) is 23.2. The third-order valence-corrected chi connectivity index (χ3v) is 5.12. The van der Waals surface area contributed by atoms with Crippen LogP contribution in [-0.4, -0.2) is 40.2 Å². The molecule has 1 amide bonds. The van der Waals surface area contributed by atoms with Gasteiger partial charge < -0.3 is 14.8 Å². The number of aromatic nitrogens is 2. The Bertz CT molecular complexity index is 911. The molecule has 1 saturated carbocycles. The van der Waals surface area contributed by atoms with Crippen LogP contribution in [0.15, 0.2) is 35.3 Å². The average Bonchev–Trinajstić information content (AvgIpc) is 3.13. The van der Waals surface area contributed by atoms with Gasteiger partial charge in [0.05, 0.1) is 18.6 Å². The lowest BCUT2D eigenvalue weighted by molar-refractivity contribution is -0.352. The highest BCUT2D eigenvalue weighted by Gasteiger charge is 2.42. The van der Waals surface area contributed by atoms with Crippen molar-refractivity contribution in [3.63, 3.8) is 0 Å². The summed E-state index contributed by atoms with van der Waals surface area (Å²) < 4.78 is 46.0. The van der Waals surface area contributed by atoms with Crippen molar-refractivity contribution in [3.8, 4) is 0 Å². The van der Waals surface area contributed by atoms with E-state index in [1.807, 2.05) is 0 Å². The van der Waals surface area contributed by atoms with Crippen molar-refractivity contribution >= 4 is 23.1 Å². The highest BCUT2D eigenvalue weighted by molar-refractivity contribution is 6.30. The number of aliphatic hydroxyl groups excluding tert-OH is 1. The number of halogens is 4. The molecule has 3 rings (SSSR count). The van der Waals surface area contributed by atoms with Crippen molar-refractivity contribution in [1.29, 1.82) is 0 Å². The predicted octanol–water partition coefficient (Wildman–Crippen LogP) is 4.15. The van der Waals surface area contributed by atoms with Crippen LogP contribution < -0.4 is 5.32 Å². The summed E-state index contributed by atoms with van der Waals surface area (Å²) in [5, 5.41) is 21.1. The maximum atomic E-state index is 12.2. The lowest BCUT2D eigenvalue weighted by Gasteiger charge is -2.32. The predicted molar refractivity (Wildman–Crippen MR) is 105 cm³/mol. The van der Waals surface area contributed by atoms with Gasteiger partial charge in [-0.25, -0.2) is 0 Å². The zero-order valence-electron chi connectivity index (χ0n) is 16.4. The number of carbonyl (C=O) groups excluding carboxylic acids is 1. The van der Waals surface area contributed by atoms with Gasteiger partial charge in [0.2, 0.25) is 17.7 Å². The van der Waals surface area contributed by atoms with Crippen molar-refractivity contribution < 1.29 is 32.2 Å². The second kappa shape index (κ2) is 9.80. The van der Waals surface area contributed by atoms with Crippen molar-refractivity contribution in [3.05, 3.63) is 53.2 Å². The first-order valence-corrected chi connectivity index (χ1v) is 9.95. The van der Waals surface area contributed by atoms with Gasteiger partial charge in [0.15, 0.2) is 0 Å². The molecule has 0 bridgehead atoms. The molecule has 0 saturated heterocycles. The molecule has 0 radical (unpaired) electrons. The van der Waals surface area contributed by atoms with Crippen LogP contribution in [0.5, 0.6) is 0 Å². The van der Waals surface area contributed by atoms with E-state index in [0.717, 1.165) is 0 Å². The minimum Gasteiger partial charge on any atom is -0.421 e. The first-order chi connectivity index (χ1) is 14.6. The van der Waals surface area contributed by atoms with E-state index in [-0.39, 0.29) is 49.4 Å². The van der Waals surface area contributed by atoms with E-state index in [2.05, 4.69) is 26.8 Å². The van der Waals surface area contributed by atoms with Crippen LogP contribution in [0.1, 0.15) is 55.1 Å². The van der Waals surface area contributed by atoms with Gasteiger partial charge in [-0.1, -0.05) is 30.3 Å². The van der Waals surface area contributed by atoms with E-state index >= 15 is 0 Å². The summed E-state index contributed by atoms with van der Waals surface area (Å²) >= 11 is 5.80. The third-order valence-electron chi connectivity index (χ3n) is 4.87. The Morgan fingerprint density at radius 1 is 1.32 bits per heavy atom. The van der Waals surface area contributed by atoms with Gasteiger partial charge in [-0.3, -0.25) is 9.53 Å². The smallest absolute Gasteiger partial charge is 0.421 e. The quantitative estimate of drug-likeness (QED) is 0.584.